The second kappa shape index (κ2) is 7.59. The molecule has 0 N–H and O–H groups in total. The van der Waals surface area contributed by atoms with Gasteiger partial charge in [0.15, 0.2) is 17.1 Å². The molecule has 4 aromatic rings. The van der Waals surface area contributed by atoms with Crippen LogP contribution in [-0.2, 0) is 4.74 Å². The first-order valence-corrected chi connectivity index (χ1v) is 10.5. The first kappa shape index (κ1) is 18.2. The molecule has 0 aliphatic carbocycles. The van der Waals surface area contributed by atoms with E-state index in [1.165, 1.54) is 5.69 Å². The van der Waals surface area contributed by atoms with Crippen LogP contribution in [0.2, 0.25) is 0 Å². The van der Waals surface area contributed by atoms with Crippen molar-refractivity contribution in [1.29, 1.82) is 0 Å². The number of ether oxygens (including phenoxy) is 3. The third-order valence-corrected chi connectivity index (χ3v) is 5.70. The summed E-state index contributed by atoms with van der Waals surface area (Å²) < 4.78 is 19.0. The molecule has 7 heteroatoms. The van der Waals surface area contributed by atoms with E-state index in [0.29, 0.717) is 13.2 Å². The fourth-order valence-corrected chi connectivity index (χ4v) is 4.16. The summed E-state index contributed by atoms with van der Waals surface area (Å²) >= 11 is 0. The van der Waals surface area contributed by atoms with Crippen molar-refractivity contribution in [2.75, 3.05) is 44.4 Å². The Labute approximate surface area is 179 Å². The summed E-state index contributed by atoms with van der Waals surface area (Å²) in [7, 11) is 0. The molecule has 156 valence electrons. The number of imidazole rings is 1. The average molecular weight is 414 g/mol. The van der Waals surface area contributed by atoms with Gasteiger partial charge >= 0.3 is 0 Å². The molecule has 6 rings (SSSR count). The number of anilines is 1. The first-order valence-electron chi connectivity index (χ1n) is 10.5. The van der Waals surface area contributed by atoms with Crippen LogP contribution in [0.3, 0.4) is 0 Å². The molecule has 0 bridgehead atoms. The standard InChI is InChI=1S/C24H22N4O3/c1-2-20-24(25-9-1)28(19-7-8-21-22(16-19)31-15-14-30-21)23(26-20)17-3-5-18(6-4-17)27-10-12-29-13-11-27/h1-9,16H,10-15H2. The van der Waals surface area contributed by atoms with Crippen molar-refractivity contribution in [3.05, 3.63) is 60.8 Å². The van der Waals surface area contributed by atoms with E-state index in [0.717, 1.165) is 66.0 Å². The van der Waals surface area contributed by atoms with Gasteiger partial charge in [0.2, 0.25) is 0 Å². The van der Waals surface area contributed by atoms with Crippen LogP contribution >= 0.6 is 0 Å². The van der Waals surface area contributed by atoms with Crippen LogP contribution in [0, 0.1) is 0 Å². The molecule has 1 fully saturated rings. The summed E-state index contributed by atoms with van der Waals surface area (Å²) in [6.45, 7) is 4.50. The summed E-state index contributed by atoms with van der Waals surface area (Å²) in [6, 6.07) is 18.4. The summed E-state index contributed by atoms with van der Waals surface area (Å²) in [5, 5.41) is 0. The minimum Gasteiger partial charge on any atom is -0.486 e. The molecule has 2 aliphatic rings. The summed E-state index contributed by atoms with van der Waals surface area (Å²) in [4.78, 5) is 11.9. The second-order valence-electron chi connectivity index (χ2n) is 7.59. The Hall–Kier alpha value is -3.58. The lowest BCUT2D eigenvalue weighted by Gasteiger charge is -2.28. The number of rotatable bonds is 3. The highest BCUT2D eigenvalue weighted by molar-refractivity contribution is 5.80. The monoisotopic (exact) mass is 414 g/mol. The number of hydrogen-bond donors (Lipinski definition) is 0. The van der Waals surface area contributed by atoms with Crippen LogP contribution < -0.4 is 14.4 Å². The molecule has 0 amide bonds. The third kappa shape index (κ3) is 3.27. The predicted molar refractivity (Wildman–Crippen MR) is 118 cm³/mol. The van der Waals surface area contributed by atoms with Gasteiger partial charge in [-0.05, 0) is 48.5 Å². The van der Waals surface area contributed by atoms with Gasteiger partial charge in [0.25, 0.3) is 0 Å². The molecule has 0 saturated carbocycles. The Morgan fingerprint density at radius 3 is 2.39 bits per heavy atom. The number of benzene rings is 2. The lowest BCUT2D eigenvalue weighted by Crippen LogP contribution is -2.36. The minimum atomic E-state index is 0.551. The van der Waals surface area contributed by atoms with Gasteiger partial charge in [-0.15, -0.1) is 0 Å². The van der Waals surface area contributed by atoms with E-state index >= 15 is 0 Å². The zero-order chi connectivity index (χ0) is 20.6. The van der Waals surface area contributed by atoms with Crippen molar-refractivity contribution < 1.29 is 14.2 Å². The van der Waals surface area contributed by atoms with Gasteiger partial charge in [0.05, 0.1) is 18.9 Å². The van der Waals surface area contributed by atoms with Crippen LogP contribution in [-0.4, -0.2) is 54.1 Å². The second-order valence-corrected chi connectivity index (χ2v) is 7.59. The molecule has 1 saturated heterocycles. The summed E-state index contributed by atoms with van der Waals surface area (Å²) in [6.07, 6.45) is 1.80. The van der Waals surface area contributed by atoms with Crippen LogP contribution in [0.5, 0.6) is 11.5 Å². The molecule has 2 aromatic carbocycles. The van der Waals surface area contributed by atoms with Crippen LogP contribution in [0.25, 0.3) is 28.2 Å². The van der Waals surface area contributed by atoms with Crippen molar-refractivity contribution in [3.63, 3.8) is 0 Å². The van der Waals surface area contributed by atoms with Gasteiger partial charge < -0.3 is 19.1 Å². The fraction of sp³-hybridized carbons (Fsp3) is 0.250. The van der Waals surface area contributed by atoms with E-state index < -0.39 is 0 Å². The van der Waals surface area contributed by atoms with Crippen molar-refractivity contribution in [2.45, 2.75) is 0 Å². The van der Waals surface area contributed by atoms with Crippen molar-refractivity contribution in [3.8, 4) is 28.6 Å². The maximum Gasteiger partial charge on any atom is 0.164 e. The Bertz CT molecular complexity index is 1230. The largest absolute Gasteiger partial charge is 0.486 e. The highest BCUT2D eigenvalue weighted by Gasteiger charge is 2.19. The number of hydrogen-bond acceptors (Lipinski definition) is 6. The Balaban J connectivity index is 1.45. The number of nitrogens with zero attached hydrogens (tertiary/aromatic N) is 4. The molecular formula is C24H22N4O3. The number of fused-ring (bicyclic) bond motifs is 2. The minimum absolute atomic E-state index is 0.551. The Morgan fingerprint density at radius 2 is 1.55 bits per heavy atom. The molecule has 2 aromatic heterocycles. The molecule has 0 unspecified atom stereocenters. The lowest BCUT2D eigenvalue weighted by atomic mass is 10.1. The van der Waals surface area contributed by atoms with Gasteiger partial charge in [-0.25, -0.2) is 9.97 Å². The van der Waals surface area contributed by atoms with Crippen molar-refractivity contribution in [1.82, 2.24) is 14.5 Å². The normalized spacial score (nSPS) is 15.9. The maximum atomic E-state index is 5.81. The molecule has 2 aliphatic heterocycles. The molecule has 7 nitrogen and oxygen atoms in total. The van der Waals surface area contributed by atoms with Gasteiger partial charge in [-0.2, -0.15) is 0 Å². The quantitative estimate of drug-likeness (QED) is 0.510. The highest BCUT2D eigenvalue weighted by Crippen LogP contribution is 2.35. The smallest absolute Gasteiger partial charge is 0.164 e. The van der Waals surface area contributed by atoms with E-state index in [9.17, 15) is 0 Å². The zero-order valence-electron chi connectivity index (χ0n) is 17.0. The molecular weight excluding hydrogens is 392 g/mol. The lowest BCUT2D eigenvalue weighted by molar-refractivity contribution is 0.122. The van der Waals surface area contributed by atoms with Gasteiger partial charge in [0, 0.05) is 36.6 Å². The fourth-order valence-electron chi connectivity index (χ4n) is 4.16. The number of aromatic nitrogens is 3. The van der Waals surface area contributed by atoms with E-state index in [1.807, 2.05) is 30.3 Å². The molecule has 31 heavy (non-hydrogen) atoms. The van der Waals surface area contributed by atoms with Crippen molar-refractivity contribution >= 4 is 16.9 Å². The number of morpholine rings is 1. The van der Waals surface area contributed by atoms with Crippen LogP contribution in [0.15, 0.2) is 60.8 Å². The maximum absolute atomic E-state index is 5.81. The van der Waals surface area contributed by atoms with E-state index in [-0.39, 0.29) is 0 Å². The SMILES string of the molecule is c1cnc2c(c1)nc(-c1ccc(N3CCOCC3)cc1)n2-c1ccc2c(c1)OCCO2. The topological polar surface area (TPSA) is 61.6 Å². The zero-order valence-corrected chi connectivity index (χ0v) is 17.0. The number of pyridine rings is 1. The molecule has 0 spiro atoms. The average Bonchev–Trinajstić information content (AvgIpc) is 3.24. The Kier molecular flexibility index (Phi) is 4.46. The van der Waals surface area contributed by atoms with E-state index in [4.69, 9.17) is 19.2 Å². The van der Waals surface area contributed by atoms with Gasteiger partial charge in [-0.1, -0.05) is 0 Å². The van der Waals surface area contributed by atoms with Gasteiger partial charge in [-0.3, -0.25) is 4.57 Å². The summed E-state index contributed by atoms with van der Waals surface area (Å²) in [5.74, 6) is 2.36. The van der Waals surface area contributed by atoms with Crippen LogP contribution in [0.4, 0.5) is 5.69 Å². The summed E-state index contributed by atoms with van der Waals surface area (Å²) in [5.41, 5.74) is 4.84. The Morgan fingerprint density at radius 1 is 0.774 bits per heavy atom. The van der Waals surface area contributed by atoms with Crippen molar-refractivity contribution in [2.24, 2.45) is 0 Å². The van der Waals surface area contributed by atoms with Crippen LogP contribution in [0.1, 0.15) is 0 Å². The van der Waals surface area contributed by atoms with E-state index in [2.05, 4.69) is 38.7 Å². The first-order chi connectivity index (χ1) is 15.4. The van der Waals surface area contributed by atoms with E-state index in [1.54, 1.807) is 6.20 Å². The highest BCUT2D eigenvalue weighted by atomic mass is 16.6. The molecule has 0 radical (unpaired) electrons. The van der Waals surface area contributed by atoms with Gasteiger partial charge in [0.1, 0.15) is 24.6 Å². The third-order valence-electron chi connectivity index (χ3n) is 5.70. The predicted octanol–water partition coefficient (Wildman–Crippen LogP) is 3.70. The molecule has 0 atom stereocenters. The molecule has 4 heterocycles.